The van der Waals surface area contributed by atoms with Gasteiger partial charge in [-0.25, -0.2) is 0 Å². The molecule has 2 N–H and O–H groups in total. The van der Waals surface area contributed by atoms with E-state index in [9.17, 15) is 4.79 Å². The number of carbonyl (C=O) groups is 1. The number of nitrogens with zero attached hydrogens (tertiary/aromatic N) is 1. The van der Waals surface area contributed by atoms with E-state index in [2.05, 4.69) is 0 Å². The van der Waals surface area contributed by atoms with Gasteiger partial charge in [-0.2, -0.15) is 0 Å². The van der Waals surface area contributed by atoms with Crippen LogP contribution in [-0.4, -0.2) is 26.7 Å². The molecule has 1 aliphatic rings. The van der Waals surface area contributed by atoms with Crippen LogP contribution >= 0.6 is 0 Å². The van der Waals surface area contributed by atoms with Gasteiger partial charge < -0.3 is 20.1 Å². The third kappa shape index (κ3) is 1.67. The highest BCUT2D eigenvalue weighted by Crippen LogP contribution is 2.46. The molecule has 0 fully saturated rings. The van der Waals surface area contributed by atoms with Crippen molar-refractivity contribution >= 4 is 17.3 Å². The Balaban J connectivity index is 2.66. The number of hydrogen-bond acceptors (Lipinski definition) is 4. The molecule has 1 aromatic carbocycles. The predicted octanol–water partition coefficient (Wildman–Crippen LogP) is 1.20. The first-order valence-corrected chi connectivity index (χ1v) is 5.41. The topological polar surface area (TPSA) is 64.8 Å². The van der Waals surface area contributed by atoms with E-state index in [1.54, 1.807) is 25.2 Å². The monoisotopic (exact) mass is 236 g/mol. The average molecular weight is 236 g/mol. The molecule has 92 valence electrons. The SMILES string of the molecule is COc1cc(N)c(OC)c2c1CCN2C(C)=O. The van der Waals surface area contributed by atoms with Gasteiger partial charge in [-0.05, 0) is 6.42 Å². The average Bonchev–Trinajstić information content (AvgIpc) is 2.72. The molecule has 0 atom stereocenters. The quantitative estimate of drug-likeness (QED) is 0.783. The standard InChI is InChI=1S/C12H16N2O3/c1-7(15)14-5-4-8-10(16-2)6-9(13)12(17-3)11(8)14/h6H,4-5,13H2,1-3H3. The maximum Gasteiger partial charge on any atom is 0.223 e. The van der Waals surface area contributed by atoms with Crippen LogP contribution in [0.5, 0.6) is 11.5 Å². The highest BCUT2D eigenvalue weighted by molar-refractivity contribution is 5.98. The number of nitrogen functional groups attached to an aromatic ring is 1. The lowest BCUT2D eigenvalue weighted by atomic mass is 10.1. The number of ether oxygens (including phenoxy) is 2. The molecule has 0 radical (unpaired) electrons. The molecule has 1 aromatic rings. The molecule has 1 amide bonds. The number of carbonyl (C=O) groups excluding carboxylic acids is 1. The van der Waals surface area contributed by atoms with Crippen LogP contribution in [0.25, 0.3) is 0 Å². The summed E-state index contributed by atoms with van der Waals surface area (Å²) < 4.78 is 10.6. The van der Waals surface area contributed by atoms with Gasteiger partial charge in [0.25, 0.3) is 0 Å². The molecule has 0 saturated heterocycles. The van der Waals surface area contributed by atoms with Gasteiger partial charge in [-0.3, -0.25) is 4.79 Å². The summed E-state index contributed by atoms with van der Waals surface area (Å²) in [5, 5.41) is 0. The highest BCUT2D eigenvalue weighted by atomic mass is 16.5. The van der Waals surface area contributed by atoms with Crippen molar-refractivity contribution in [2.24, 2.45) is 0 Å². The molecule has 1 heterocycles. The van der Waals surface area contributed by atoms with E-state index in [4.69, 9.17) is 15.2 Å². The molecule has 0 spiro atoms. The first-order chi connectivity index (χ1) is 8.10. The van der Waals surface area contributed by atoms with E-state index < -0.39 is 0 Å². The third-order valence-corrected chi connectivity index (χ3v) is 3.01. The van der Waals surface area contributed by atoms with Crippen LogP contribution in [0, 0.1) is 0 Å². The van der Waals surface area contributed by atoms with Gasteiger partial charge in [0.15, 0.2) is 5.75 Å². The van der Waals surface area contributed by atoms with Gasteiger partial charge in [0, 0.05) is 25.1 Å². The van der Waals surface area contributed by atoms with Crippen LogP contribution in [0.2, 0.25) is 0 Å². The number of benzene rings is 1. The predicted molar refractivity (Wildman–Crippen MR) is 65.7 cm³/mol. The molecule has 17 heavy (non-hydrogen) atoms. The van der Waals surface area contributed by atoms with Gasteiger partial charge in [0.1, 0.15) is 5.75 Å². The van der Waals surface area contributed by atoms with E-state index in [1.165, 1.54) is 6.92 Å². The van der Waals surface area contributed by atoms with Crippen molar-refractivity contribution < 1.29 is 14.3 Å². The molecule has 5 heteroatoms. The van der Waals surface area contributed by atoms with Crippen LogP contribution in [0.4, 0.5) is 11.4 Å². The summed E-state index contributed by atoms with van der Waals surface area (Å²) >= 11 is 0. The largest absolute Gasteiger partial charge is 0.496 e. The van der Waals surface area contributed by atoms with E-state index in [-0.39, 0.29) is 5.91 Å². The number of hydrogen-bond donors (Lipinski definition) is 1. The lowest BCUT2D eigenvalue weighted by Crippen LogP contribution is -2.26. The van der Waals surface area contributed by atoms with Crippen molar-refractivity contribution in [1.82, 2.24) is 0 Å². The lowest BCUT2D eigenvalue weighted by Gasteiger charge is -2.20. The number of methoxy groups -OCH3 is 2. The Hall–Kier alpha value is -1.91. The highest BCUT2D eigenvalue weighted by Gasteiger charge is 2.30. The second-order valence-electron chi connectivity index (χ2n) is 3.95. The summed E-state index contributed by atoms with van der Waals surface area (Å²) in [5.74, 6) is 1.24. The van der Waals surface area contributed by atoms with Gasteiger partial charge in [0.2, 0.25) is 5.91 Å². The van der Waals surface area contributed by atoms with E-state index in [1.807, 2.05) is 0 Å². The minimum Gasteiger partial charge on any atom is -0.496 e. The van der Waals surface area contributed by atoms with Crippen LogP contribution in [0.15, 0.2) is 6.07 Å². The smallest absolute Gasteiger partial charge is 0.223 e. The Kier molecular flexibility index (Phi) is 2.83. The minimum absolute atomic E-state index is 0.0188. The number of amides is 1. The number of fused-ring (bicyclic) bond motifs is 1. The molecule has 5 nitrogen and oxygen atoms in total. The second-order valence-corrected chi connectivity index (χ2v) is 3.95. The van der Waals surface area contributed by atoms with Crippen LogP contribution in [0.1, 0.15) is 12.5 Å². The normalized spacial score (nSPS) is 13.5. The van der Waals surface area contributed by atoms with Gasteiger partial charge in [-0.1, -0.05) is 0 Å². The van der Waals surface area contributed by atoms with Crippen LogP contribution in [-0.2, 0) is 11.2 Å². The fraction of sp³-hybridized carbons (Fsp3) is 0.417. The van der Waals surface area contributed by atoms with Crippen molar-refractivity contribution in [2.75, 3.05) is 31.4 Å². The second kappa shape index (κ2) is 4.16. The Morgan fingerprint density at radius 1 is 1.41 bits per heavy atom. The van der Waals surface area contributed by atoms with Crippen LogP contribution < -0.4 is 20.1 Å². The molecule has 2 rings (SSSR count). The first-order valence-electron chi connectivity index (χ1n) is 5.41. The number of rotatable bonds is 2. The molecule has 0 bridgehead atoms. The van der Waals surface area contributed by atoms with E-state index in [0.29, 0.717) is 23.7 Å². The molecule has 1 aliphatic heterocycles. The number of nitrogens with two attached hydrogens (primary N) is 1. The van der Waals surface area contributed by atoms with Crippen molar-refractivity contribution in [3.05, 3.63) is 11.6 Å². The van der Waals surface area contributed by atoms with Gasteiger partial charge >= 0.3 is 0 Å². The van der Waals surface area contributed by atoms with Gasteiger partial charge in [-0.15, -0.1) is 0 Å². The van der Waals surface area contributed by atoms with Crippen molar-refractivity contribution in [2.45, 2.75) is 13.3 Å². The molecule has 0 unspecified atom stereocenters. The molecule has 0 aromatic heterocycles. The van der Waals surface area contributed by atoms with E-state index in [0.717, 1.165) is 17.7 Å². The molecular weight excluding hydrogens is 220 g/mol. The zero-order valence-corrected chi connectivity index (χ0v) is 10.2. The Bertz CT molecular complexity index is 471. The summed E-state index contributed by atoms with van der Waals surface area (Å²) in [6.07, 6.45) is 0.759. The maximum atomic E-state index is 11.6. The summed E-state index contributed by atoms with van der Waals surface area (Å²) in [7, 11) is 3.15. The summed E-state index contributed by atoms with van der Waals surface area (Å²) in [4.78, 5) is 13.3. The summed E-state index contributed by atoms with van der Waals surface area (Å²) in [6.45, 7) is 2.17. The first kappa shape index (κ1) is 11.6. The third-order valence-electron chi connectivity index (χ3n) is 3.01. The summed E-state index contributed by atoms with van der Waals surface area (Å²) in [6, 6.07) is 1.74. The maximum absolute atomic E-state index is 11.6. The molecule has 0 aliphatic carbocycles. The Labute approximate surface area is 100 Å². The molecule has 0 saturated carbocycles. The lowest BCUT2D eigenvalue weighted by molar-refractivity contribution is -0.116. The fourth-order valence-electron chi connectivity index (χ4n) is 2.26. The minimum atomic E-state index is -0.0188. The fourth-order valence-corrected chi connectivity index (χ4v) is 2.26. The van der Waals surface area contributed by atoms with Crippen molar-refractivity contribution in [1.29, 1.82) is 0 Å². The van der Waals surface area contributed by atoms with E-state index >= 15 is 0 Å². The van der Waals surface area contributed by atoms with Gasteiger partial charge in [0.05, 0.1) is 25.6 Å². The van der Waals surface area contributed by atoms with Crippen LogP contribution in [0.3, 0.4) is 0 Å². The Morgan fingerprint density at radius 2 is 2.12 bits per heavy atom. The van der Waals surface area contributed by atoms with Crippen molar-refractivity contribution in [3.8, 4) is 11.5 Å². The zero-order valence-electron chi connectivity index (χ0n) is 10.2. The zero-order chi connectivity index (χ0) is 12.6. The molecular formula is C12H16N2O3. The number of anilines is 2. The Morgan fingerprint density at radius 3 is 2.65 bits per heavy atom. The summed E-state index contributed by atoms with van der Waals surface area (Å²) in [5.41, 5.74) is 8.11. The van der Waals surface area contributed by atoms with Crippen molar-refractivity contribution in [3.63, 3.8) is 0 Å².